The Morgan fingerprint density at radius 2 is 1.65 bits per heavy atom. The highest BCUT2D eigenvalue weighted by Crippen LogP contribution is 2.28. The molecule has 0 fully saturated rings. The van der Waals surface area contributed by atoms with Crippen molar-refractivity contribution in [3.63, 3.8) is 0 Å². The highest BCUT2D eigenvalue weighted by molar-refractivity contribution is 5.91. The van der Waals surface area contributed by atoms with Crippen molar-refractivity contribution in [2.45, 2.75) is 19.0 Å². The molecular weight excluding hydrogens is 488 g/mol. The van der Waals surface area contributed by atoms with Crippen molar-refractivity contribution in [2.75, 3.05) is 7.11 Å². The predicted octanol–water partition coefficient (Wildman–Crippen LogP) is 5.20. The van der Waals surface area contributed by atoms with E-state index in [1.807, 2.05) is 54.7 Å². The summed E-state index contributed by atoms with van der Waals surface area (Å²) in [6.45, 7) is 0.685. The first-order valence-electron chi connectivity index (χ1n) is 11.6. The fourth-order valence-corrected chi connectivity index (χ4v) is 4.30. The van der Waals surface area contributed by atoms with Crippen molar-refractivity contribution in [1.29, 1.82) is 0 Å². The highest BCUT2D eigenvalue weighted by Gasteiger charge is 2.14. The number of methoxy groups -OCH3 is 1. The molecule has 3 aromatic carbocycles. The predicted molar refractivity (Wildman–Crippen MR) is 147 cm³/mol. The summed E-state index contributed by atoms with van der Waals surface area (Å²) < 4.78 is 7.45. The van der Waals surface area contributed by atoms with Gasteiger partial charge in [0.15, 0.2) is 0 Å². The molecule has 0 saturated heterocycles. The molecule has 8 heteroatoms. The summed E-state index contributed by atoms with van der Waals surface area (Å²) in [6, 6.07) is 25.3. The van der Waals surface area contributed by atoms with Crippen molar-refractivity contribution < 1.29 is 14.6 Å². The van der Waals surface area contributed by atoms with Crippen LogP contribution in [0, 0.1) is 0 Å². The maximum absolute atomic E-state index is 11.0. The second kappa shape index (κ2) is 11.2. The molecule has 0 saturated carbocycles. The van der Waals surface area contributed by atoms with Crippen molar-refractivity contribution in [1.82, 2.24) is 14.5 Å². The third-order valence-corrected chi connectivity index (χ3v) is 6.27. The zero-order chi connectivity index (χ0) is 25.1. The van der Waals surface area contributed by atoms with Crippen LogP contribution in [0.2, 0.25) is 0 Å². The Morgan fingerprint density at radius 3 is 2.35 bits per heavy atom. The van der Waals surface area contributed by atoms with Crippen LogP contribution in [0.3, 0.4) is 0 Å². The second-order valence-corrected chi connectivity index (χ2v) is 8.68. The van der Waals surface area contributed by atoms with Crippen LogP contribution in [0.15, 0.2) is 91.4 Å². The number of hydrogen-bond donors (Lipinski definition) is 2. The van der Waals surface area contributed by atoms with E-state index in [-0.39, 0.29) is 18.8 Å². The second-order valence-electron chi connectivity index (χ2n) is 8.68. The molecule has 0 aliphatic carbocycles. The third kappa shape index (κ3) is 5.63. The molecular formula is C29H27ClN4O3. The Bertz CT molecular complexity index is 1520. The third-order valence-electron chi connectivity index (χ3n) is 6.27. The molecule has 0 aliphatic heterocycles. The summed E-state index contributed by atoms with van der Waals surface area (Å²) in [7, 11) is 1.67. The van der Waals surface area contributed by atoms with E-state index in [1.165, 1.54) is 5.56 Å². The average Bonchev–Trinajstić information content (AvgIpc) is 3.32. The zero-order valence-corrected chi connectivity index (χ0v) is 21.1. The SMILES string of the molecule is COc1cccc(-c2ccc(Cn3ccc4c(-c5ccc(C[C@H](N)C(=O)O)cc5)ncnc43)cc2)c1.Cl. The molecule has 0 radical (unpaired) electrons. The van der Waals surface area contributed by atoms with E-state index < -0.39 is 12.0 Å². The number of halogens is 1. The van der Waals surface area contributed by atoms with E-state index in [0.717, 1.165) is 44.7 Å². The van der Waals surface area contributed by atoms with Crippen LogP contribution in [0.1, 0.15) is 11.1 Å². The van der Waals surface area contributed by atoms with Crippen molar-refractivity contribution in [3.8, 4) is 28.1 Å². The molecule has 5 rings (SSSR count). The highest BCUT2D eigenvalue weighted by atomic mass is 35.5. The lowest BCUT2D eigenvalue weighted by atomic mass is 10.0. The number of rotatable bonds is 8. The lowest BCUT2D eigenvalue weighted by Gasteiger charge is -2.09. The summed E-state index contributed by atoms with van der Waals surface area (Å²) in [5.74, 6) is -0.169. The van der Waals surface area contributed by atoms with Gasteiger partial charge in [0.25, 0.3) is 0 Å². The topological polar surface area (TPSA) is 103 Å². The number of aromatic nitrogens is 3. The van der Waals surface area contributed by atoms with Crippen molar-refractivity contribution >= 4 is 29.4 Å². The number of nitrogens with zero attached hydrogens (tertiary/aromatic N) is 3. The molecule has 0 bridgehead atoms. The van der Waals surface area contributed by atoms with Gasteiger partial charge >= 0.3 is 5.97 Å². The summed E-state index contributed by atoms with van der Waals surface area (Å²) in [4.78, 5) is 20.1. The Labute approximate surface area is 221 Å². The largest absolute Gasteiger partial charge is 0.497 e. The van der Waals surface area contributed by atoms with Gasteiger partial charge in [-0.2, -0.15) is 0 Å². The fraction of sp³-hybridized carbons (Fsp3) is 0.138. The fourth-order valence-electron chi connectivity index (χ4n) is 4.30. The van der Waals surface area contributed by atoms with Crippen LogP contribution >= 0.6 is 12.4 Å². The van der Waals surface area contributed by atoms with E-state index in [0.29, 0.717) is 6.54 Å². The Morgan fingerprint density at radius 1 is 0.946 bits per heavy atom. The Kier molecular flexibility index (Phi) is 7.86. The summed E-state index contributed by atoms with van der Waals surface area (Å²) in [5.41, 5.74) is 12.6. The summed E-state index contributed by atoms with van der Waals surface area (Å²) in [6.07, 6.45) is 3.88. The molecule has 0 aliphatic rings. The number of benzene rings is 3. The van der Waals surface area contributed by atoms with Crippen molar-refractivity contribution in [3.05, 3.63) is 103 Å². The van der Waals surface area contributed by atoms with Crippen LogP contribution in [-0.2, 0) is 17.8 Å². The molecule has 188 valence electrons. The smallest absolute Gasteiger partial charge is 0.320 e. The minimum absolute atomic E-state index is 0. The number of carboxylic acids is 1. The number of hydrogen-bond acceptors (Lipinski definition) is 5. The Balaban J connectivity index is 0.00000320. The first-order chi connectivity index (χ1) is 17.5. The van der Waals surface area contributed by atoms with Gasteiger partial charge < -0.3 is 20.1 Å². The molecule has 2 aromatic heterocycles. The number of nitrogens with two attached hydrogens (primary N) is 1. The average molecular weight is 515 g/mol. The van der Waals surface area contributed by atoms with Gasteiger partial charge in [-0.1, -0.05) is 60.7 Å². The maximum atomic E-state index is 11.0. The van der Waals surface area contributed by atoms with Crippen LogP contribution in [0.4, 0.5) is 0 Å². The molecule has 0 amide bonds. The molecule has 5 aromatic rings. The number of carbonyl (C=O) groups is 1. The normalized spacial score (nSPS) is 11.6. The minimum Gasteiger partial charge on any atom is -0.497 e. The number of aliphatic carboxylic acids is 1. The Hall–Kier alpha value is -4.20. The van der Waals surface area contributed by atoms with Gasteiger partial charge in [-0.25, -0.2) is 9.97 Å². The van der Waals surface area contributed by atoms with E-state index in [1.54, 1.807) is 13.4 Å². The van der Waals surface area contributed by atoms with Crippen molar-refractivity contribution in [2.24, 2.45) is 5.73 Å². The molecule has 7 nitrogen and oxygen atoms in total. The van der Waals surface area contributed by atoms with Crippen LogP contribution in [0.25, 0.3) is 33.4 Å². The summed E-state index contributed by atoms with van der Waals surface area (Å²) in [5, 5.41) is 10.00. The first kappa shape index (κ1) is 25.9. The lowest BCUT2D eigenvalue weighted by Crippen LogP contribution is -2.32. The number of ether oxygens (including phenoxy) is 1. The van der Waals surface area contributed by atoms with Gasteiger partial charge in [0.05, 0.1) is 12.8 Å². The summed E-state index contributed by atoms with van der Waals surface area (Å²) >= 11 is 0. The number of fused-ring (bicyclic) bond motifs is 1. The van der Waals surface area contributed by atoms with Gasteiger partial charge in [-0.15, -0.1) is 12.4 Å². The van der Waals surface area contributed by atoms with Gasteiger partial charge in [0.1, 0.15) is 23.8 Å². The first-order valence-corrected chi connectivity index (χ1v) is 11.6. The monoisotopic (exact) mass is 514 g/mol. The maximum Gasteiger partial charge on any atom is 0.320 e. The van der Waals surface area contributed by atoms with Gasteiger partial charge in [0.2, 0.25) is 0 Å². The molecule has 3 N–H and O–H groups in total. The van der Waals surface area contributed by atoms with E-state index in [4.69, 9.17) is 15.6 Å². The van der Waals surface area contributed by atoms with E-state index in [9.17, 15) is 4.79 Å². The standard InChI is InChI=1S/C29H26N4O3.ClH/c1-36-24-4-2-3-23(16-24)21-9-7-20(8-10-21)17-33-14-13-25-27(31-18-32-28(25)33)22-11-5-19(6-12-22)15-26(30)29(34)35;/h2-14,16,18,26H,15,17,30H2,1H3,(H,34,35);1H/t26-;/m0./s1. The molecule has 0 spiro atoms. The van der Waals surface area contributed by atoms with Gasteiger partial charge in [0, 0.05) is 23.7 Å². The van der Waals surface area contributed by atoms with Gasteiger partial charge in [-0.05, 0) is 46.9 Å². The molecule has 1 atom stereocenters. The zero-order valence-electron chi connectivity index (χ0n) is 20.2. The van der Waals surface area contributed by atoms with E-state index in [2.05, 4.69) is 44.9 Å². The molecule has 2 heterocycles. The lowest BCUT2D eigenvalue weighted by molar-refractivity contribution is -0.138. The van der Waals surface area contributed by atoms with Crippen LogP contribution in [0.5, 0.6) is 5.75 Å². The minimum atomic E-state index is -1.01. The van der Waals surface area contributed by atoms with Crippen LogP contribution in [-0.4, -0.2) is 38.8 Å². The van der Waals surface area contributed by atoms with E-state index >= 15 is 0 Å². The molecule has 37 heavy (non-hydrogen) atoms. The van der Waals surface area contributed by atoms with Crippen LogP contribution < -0.4 is 10.5 Å². The number of carboxylic acid groups (broad SMARTS) is 1. The quantitative estimate of drug-likeness (QED) is 0.295. The van der Waals surface area contributed by atoms with Gasteiger partial charge in [-0.3, -0.25) is 4.79 Å². The molecule has 0 unspecified atom stereocenters.